The highest BCUT2D eigenvalue weighted by Gasteiger charge is 2.23. The molecule has 1 atom stereocenters. The van der Waals surface area contributed by atoms with Gasteiger partial charge >= 0.3 is 0 Å². The van der Waals surface area contributed by atoms with Crippen LogP contribution in [0.3, 0.4) is 0 Å². The predicted octanol–water partition coefficient (Wildman–Crippen LogP) is 2.94. The van der Waals surface area contributed by atoms with E-state index in [0.717, 1.165) is 28.9 Å². The van der Waals surface area contributed by atoms with Crippen molar-refractivity contribution >= 4 is 11.4 Å². The van der Waals surface area contributed by atoms with Crippen molar-refractivity contribution in [1.29, 1.82) is 0 Å². The van der Waals surface area contributed by atoms with E-state index in [0.29, 0.717) is 5.92 Å². The lowest BCUT2D eigenvalue weighted by Crippen LogP contribution is -2.28. The predicted molar refractivity (Wildman–Crippen MR) is 88.0 cm³/mol. The number of rotatable bonds is 1. The Hall–Kier alpha value is -2.26. The normalized spacial score (nSPS) is 21.0. The van der Waals surface area contributed by atoms with Gasteiger partial charge in [0.15, 0.2) is 0 Å². The topological polar surface area (TPSA) is 55.3 Å². The van der Waals surface area contributed by atoms with E-state index in [2.05, 4.69) is 43.3 Å². The maximum atomic E-state index is 6.50. The third-order valence-electron chi connectivity index (χ3n) is 4.19. The molecule has 1 aliphatic rings. The quantitative estimate of drug-likeness (QED) is 0.623. The van der Waals surface area contributed by atoms with Crippen molar-refractivity contribution in [2.75, 3.05) is 7.05 Å². The summed E-state index contributed by atoms with van der Waals surface area (Å²) in [4.78, 5) is 0. The van der Waals surface area contributed by atoms with Crippen molar-refractivity contribution in [3.63, 3.8) is 0 Å². The average Bonchev–Trinajstić information content (AvgIpc) is 2.47. The molecule has 3 heteroatoms. The van der Waals surface area contributed by atoms with Crippen LogP contribution in [0.2, 0.25) is 0 Å². The van der Waals surface area contributed by atoms with Crippen LogP contribution in [0.25, 0.3) is 11.4 Å². The molecular weight excluding hydrogens is 258 g/mol. The van der Waals surface area contributed by atoms with E-state index in [4.69, 9.17) is 11.6 Å². The molecule has 0 amide bonds. The molecule has 21 heavy (non-hydrogen) atoms. The molecule has 0 fully saturated rings. The Kier molecular flexibility index (Phi) is 3.43. The zero-order valence-corrected chi connectivity index (χ0v) is 12.5. The highest BCUT2D eigenvalue weighted by atomic mass is 15.4. The SMILES string of the molecule is CC1Cc2ccccc2/C(N(C)N)=C(/N)c2ccccc21. The molecule has 0 bridgehead atoms. The van der Waals surface area contributed by atoms with Gasteiger partial charge in [-0.3, -0.25) is 0 Å². The number of benzene rings is 2. The first-order valence-corrected chi connectivity index (χ1v) is 7.25. The summed E-state index contributed by atoms with van der Waals surface area (Å²) in [5.74, 6) is 6.50. The second-order valence-electron chi connectivity index (χ2n) is 5.72. The molecule has 0 radical (unpaired) electrons. The van der Waals surface area contributed by atoms with E-state index in [1.807, 2.05) is 19.2 Å². The van der Waals surface area contributed by atoms with Crippen molar-refractivity contribution in [3.8, 4) is 0 Å². The van der Waals surface area contributed by atoms with Crippen LogP contribution >= 0.6 is 0 Å². The average molecular weight is 279 g/mol. The Morgan fingerprint density at radius 3 is 2.33 bits per heavy atom. The molecule has 3 rings (SSSR count). The van der Waals surface area contributed by atoms with Gasteiger partial charge in [0.25, 0.3) is 0 Å². The Morgan fingerprint density at radius 2 is 1.62 bits per heavy atom. The van der Waals surface area contributed by atoms with Crippen LogP contribution in [0.1, 0.15) is 35.1 Å². The molecular formula is C18H21N3. The molecule has 1 aliphatic carbocycles. The van der Waals surface area contributed by atoms with Gasteiger partial charge in [-0.05, 0) is 23.5 Å². The summed E-state index contributed by atoms with van der Waals surface area (Å²) in [7, 11) is 1.84. The largest absolute Gasteiger partial charge is 0.396 e. The van der Waals surface area contributed by atoms with Gasteiger partial charge in [0.1, 0.15) is 0 Å². The van der Waals surface area contributed by atoms with E-state index < -0.39 is 0 Å². The number of hydrazine groups is 1. The third kappa shape index (κ3) is 2.30. The van der Waals surface area contributed by atoms with Gasteiger partial charge in [-0.2, -0.15) is 0 Å². The first kappa shape index (κ1) is 13.7. The maximum Gasteiger partial charge on any atom is 0.0825 e. The van der Waals surface area contributed by atoms with E-state index in [9.17, 15) is 0 Å². The summed E-state index contributed by atoms with van der Waals surface area (Å²) in [6.45, 7) is 2.25. The second kappa shape index (κ2) is 5.26. The number of hydrogen-bond donors (Lipinski definition) is 2. The molecule has 2 aromatic carbocycles. The first-order valence-electron chi connectivity index (χ1n) is 7.25. The lowest BCUT2D eigenvalue weighted by Gasteiger charge is -2.28. The molecule has 0 aliphatic heterocycles. The van der Waals surface area contributed by atoms with E-state index in [1.54, 1.807) is 5.01 Å². The zero-order valence-electron chi connectivity index (χ0n) is 12.5. The first-order chi connectivity index (χ1) is 10.1. The number of hydrogen-bond acceptors (Lipinski definition) is 3. The van der Waals surface area contributed by atoms with Gasteiger partial charge in [-0.25, -0.2) is 5.84 Å². The van der Waals surface area contributed by atoms with Crippen molar-refractivity contribution in [1.82, 2.24) is 5.01 Å². The van der Waals surface area contributed by atoms with Gasteiger partial charge in [0.05, 0.1) is 11.4 Å². The van der Waals surface area contributed by atoms with Gasteiger partial charge in [-0.15, -0.1) is 0 Å². The molecule has 0 spiro atoms. The van der Waals surface area contributed by atoms with Crippen LogP contribution in [0.4, 0.5) is 0 Å². The molecule has 4 N–H and O–H groups in total. The van der Waals surface area contributed by atoms with Crippen LogP contribution in [0, 0.1) is 0 Å². The van der Waals surface area contributed by atoms with Crippen LogP contribution in [-0.2, 0) is 6.42 Å². The summed E-state index contributed by atoms with van der Waals surface area (Å²) in [5, 5.41) is 1.63. The van der Waals surface area contributed by atoms with E-state index >= 15 is 0 Å². The zero-order chi connectivity index (χ0) is 15.0. The molecule has 108 valence electrons. The minimum atomic E-state index is 0.422. The van der Waals surface area contributed by atoms with Crippen molar-refractivity contribution in [3.05, 3.63) is 70.8 Å². The van der Waals surface area contributed by atoms with Crippen molar-refractivity contribution < 1.29 is 0 Å². The second-order valence-corrected chi connectivity index (χ2v) is 5.72. The van der Waals surface area contributed by atoms with Crippen molar-refractivity contribution in [2.24, 2.45) is 11.6 Å². The summed E-state index contributed by atoms with van der Waals surface area (Å²) in [5.41, 5.74) is 12.9. The number of fused-ring (bicyclic) bond motifs is 2. The highest BCUT2D eigenvalue weighted by Crippen LogP contribution is 2.36. The fourth-order valence-corrected chi connectivity index (χ4v) is 3.19. The van der Waals surface area contributed by atoms with Crippen molar-refractivity contribution in [2.45, 2.75) is 19.3 Å². The van der Waals surface area contributed by atoms with Crippen LogP contribution in [-0.4, -0.2) is 12.1 Å². The lowest BCUT2D eigenvalue weighted by molar-refractivity contribution is 0.510. The smallest absolute Gasteiger partial charge is 0.0825 e. The Labute approximate surface area is 125 Å². The Balaban J connectivity index is 2.35. The Morgan fingerprint density at radius 1 is 1.00 bits per heavy atom. The van der Waals surface area contributed by atoms with Crippen LogP contribution in [0.15, 0.2) is 48.5 Å². The number of nitrogens with two attached hydrogens (primary N) is 2. The fraction of sp³-hybridized carbons (Fsp3) is 0.222. The summed E-state index contributed by atoms with van der Waals surface area (Å²) >= 11 is 0. The molecule has 0 aromatic heterocycles. The van der Waals surface area contributed by atoms with Gasteiger partial charge in [-0.1, -0.05) is 55.5 Å². The summed E-state index contributed by atoms with van der Waals surface area (Å²) < 4.78 is 0. The molecule has 0 saturated carbocycles. The highest BCUT2D eigenvalue weighted by molar-refractivity contribution is 5.90. The maximum absolute atomic E-state index is 6.50. The van der Waals surface area contributed by atoms with E-state index in [-0.39, 0.29) is 0 Å². The van der Waals surface area contributed by atoms with Crippen LogP contribution in [0.5, 0.6) is 0 Å². The molecule has 2 aromatic rings. The van der Waals surface area contributed by atoms with Gasteiger partial charge < -0.3 is 10.7 Å². The summed E-state index contributed by atoms with van der Waals surface area (Å²) in [6, 6.07) is 16.7. The summed E-state index contributed by atoms with van der Waals surface area (Å²) in [6.07, 6.45) is 0.984. The standard InChI is InChI=1S/C18H21N3/c1-12-11-13-7-3-4-9-15(13)18(21(2)20)17(19)16-10-6-5-8-14(12)16/h3-10,12H,11,19-20H2,1-2H3/b18-17-. The minimum Gasteiger partial charge on any atom is -0.396 e. The lowest BCUT2D eigenvalue weighted by atomic mass is 9.84. The Bertz CT molecular complexity index is 701. The van der Waals surface area contributed by atoms with Gasteiger partial charge in [0.2, 0.25) is 0 Å². The fourth-order valence-electron chi connectivity index (χ4n) is 3.19. The van der Waals surface area contributed by atoms with Crippen LogP contribution < -0.4 is 11.6 Å². The third-order valence-corrected chi connectivity index (χ3v) is 4.19. The molecule has 0 heterocycles. The molecule has 0 saturated heterocycles. The van der Waals surface area contributed by atoms with Gasteiger partial charge in [0, 0.05) is 18.2 Å². The molecule has 1 unspecified atom stereocenters. The minimum absolute atomic E-state index is 0.422. The number of nitrogens with zero attached hydrogens (tertiary/aromatic N) is 1. The monoisotopic (exact) mass is 279 g/mol. The molecule has 3 nitrogen and oxygen atoms in total. The van der Waals surface area contributed by atoms with E-state index in [1.165, 1.54) is 11.1 Å².